The summed E-state index contributed by atoms with van der Waals surface area (Å²) in [6.45, 7) is 49.4. The first-order chi connectivity index (χ1) is 46.0. The number of methoxy groups -OCH3 is 1. The normalized spacial score (nSPS) is 29.6. The summed E-state index contributed by atoms with van der Waals surface area (Å²) in [4.78, 5) is 26.5. The lowest BCUT2D eigenvalue weighted by molar-refractivity contribution is -0.0232. The van der Waals surface area contributed by atoms with Crippen LogP contribution >= 0.6 is 0 Å². The topological polar surface area (TPSA) is 63.3 Å². The van der Waals surface area contributed by atoms with Crippen molar-refractivity contribution < 1.29 is 14.2 Å². The number of nitrogens with zero attached hydrogens (tertiary/aromatic N) is 11. The largest absolute Gasteiger partial charge is 0.381 e. The molecule has 0 N–H and O–H groups in total. The second-order valence-corrected chi connectivity index (χ2v) is 35.1. The highest BCUT2D eigenvalue weighted by molar-refractivity contribution is 4.80. The van der Waals surface area contributed by atoms with Crippen molar-refractivity contribution in [3.63, 3.8) is 0 Å². The molecule has 14 heteroatoms. The maximum atomic E-state index is 5.82. The van der Waals surface area contributed by atoms with Gasteiger partial charge in [-0.2, -0.15) is 0 Å². The summed E-state index contributed by atoms with van der Waals surface area (Å²) in [5.41, 5.74) is 0.618. The zero-order valence-electron chi connectivity index (χ0n) is 69.8. The van der Waals surface area contributed by atoms with Crippen molar-refractivity contribution >= 4 is 0 Å². The van der Waals surface area contributed by atoms with E-state index < -0.39 is 0 Å². The van der Waals surface area contributed by atoms with E-state index in [1.54, 1.807) is 7.11 Å². The molecule has 6 unspecified atom stereocenters. The van der Waals surface area contributed by atoms with E-state index in [0.29, 0.717) is 35.9 Å². The van der Waals surface area contributed by atoms with Crippen molar-refractivity contribution in [1.29, 1.82) is 0 Å². The van der Waals surface area contributed by atoms with E-state index >= 15 is 0 Å². The third-order valence-corrected chi connectivity index (χ3v) is 23.1. The maximum Gasteiger partial charge on any atom is 0.0603 e. The maximum absolute atomic E-state index is 5.82. The Labute approximate surface area is 607 Å². The van der Waals surface area contributed by atoms with E-state index in [1.165, 1.54) is 304 Å². The van der Waals surface area contributed by atoms with E-state index in [4.69, 9.17) is 14.2 Å². The molecule has 0 spiro atoms. The molecule has 12 fully saturated rings. The highest BCUT2D eigenvalue weighted by atomic mass is 16.5. The van der Waals surface area contributed by atoms with Gasteiger partial charge < -0.3 is 68.1 Å². The van der Waals surface area contributed by atoms with Crippen LogP contribution in [0.15, 0.2) is 0 Å². The van der Waals surface area contributed by atoms with Gasteiger partial charge in [-0.05, 0) is 354 Å². The Morgan fingerprint density at radius 3 is 1.00 bits per heavy atom. The highest BCUT2D eigenvalue weighted by Gasteiger charge is 2.28. The molecule has 0 radical (unpaired) electrons. The van der Waals surface area contributed by atoms with Crippen LogP contribution in [-0.2, 0) is 14.2 Å². The van der Waals surface area contributed by atoms with Crippen molar-refractivity contribution in [2.45, 2.75) is 305 Å². The summed E-state index contributed by atoms with van der Waals surface area (Å²) in [7, 11) is 26.0. The molecule has 97 heavy (non-hydrogen) atoms. The molecular formula is C83H175N11O3. The third-order valence-electron chi connectivity index (χ3n) is 23.1. The molecule has 0 aromatic heterocycles. The Balaban J connectivity index is 0.000000364. The average molecular weight is 1380 g/mol. The fourth-order valence-electron chi connectivity index (χ4n) is 15.2. The molecule has 1 aliphatic carbocycles. The lowest BCUT2D eigenvalue weighted by Crippen LogP contribution is -2.40. The molecule has 0 aromatic carbocycles. The zero-order valence-corrected chi connectivity index (χ0v) is 69.8. The summed E-state index contributed by atoms with van der Waals surface area (Å²) in [5, 5.41) is 0. The van der Waals surface area contributed by atoms with Crippen LogP contribution in [0.3, 0.4) is 0 Å². The van der Waals surface area contributed by atoms with Gasteiger partial charge in [0.05, 0.1) is 30.5 Å². The Kier molecular flexibility index (Phi) is 52.4. The summed E-state index contributed by atoms with van der Waals surface area (Å²) in [5.74, 6) is 3.75. The molecule has 580 valence electrons. The zero-order chi connectivity index (χ0) is 72.1. The first-order valence-electron chi connectivity index (χ1n) is 41.4. The number of piperidine rings is 10. The van der Waals surface area contributed by atoms with Gasteiger partial charge >= 0.3 is 0 Å². The van der Waals surface area contributed by atoms with E-state index in [0.717, 1.165) is 41.8 Å². The van der Waals surface area contributed by atoms with Crippen LogP contribution in [0.1, 0.15) is 256 Å². The molecule has 0 aromatic rings. The second-order valence-electron chi connectivity index (χ2n) is 35.1. The number of hydrogen-bond donors (Lipinski definition) is 0. The number of ether oxygens (including phenoxy) is 3. The molecule has 12 rings (SSSR count). The Hall–Kier alpha value is -0.560. The number of rotatable bonds is 5. The Morgan fingerprint density at radius 2 is 0.660 bits per heavy atom. The van der Waals surface area contributed by atoms with Gasteiger partial charge in [-0.15, -0.1) is 0 Å². The number of likely N-dealkylation sites (tertiary alicyclic amines) is 11. The Morgan fingerprint density at radius 1 is 0.299 bits per heavy atom. The molecule has 14 nitrogen and oxygen atoms in total. The van der Waals surface area contributed by atoms with Crippen LogP contribution < -0.4 is 0 Å². The quantitative estimate of drug-likeness (QED) is 0.262. The second kappa shape index (κ2) is 55.0. The minimum Gasteiger partial charge on any atom is -0.381 e. The van der Waals surface area contributed by atoms with Crippen molar-refractivity contribution in [3.05, 3.63) is 0 Å². The molecule has 11 heterocycles. The fourth-order valence-corrected chi connectivity index (χ4v) is 15.2. The predicted molar refractivity (Wildman–Crippen MR) is 425 cm³/mol. The van der Waals surface area contributed by atoms with Gasteiger partial charge in [-0.1, -0.05) is 73.6 Å². The lowest BCUT2D eigenvalue weighted by Gasteiger charge is -2.35. The summed E-state index contributed by atoms with van der Waals surface area (Å²) >= 11 is 0. The third kappa shape index (κ3) is 50.5. The SMILES string of the molecule is CC(C)OC1CCN(C)CC1.CC1CC(C)CN(C)C1.CC1CCCC(C)N1C.CC1CCCCN1C.CC1CCCN(C)C1.CC1CCN(C)CC1.CN1CCC(C)(C)CC1.CN1CCC(OC2CC2)CC1.CN1CCCCC1.CN1CCCCCC1.COC1CCN(C)CC1. The van der Waals surface area contributed by atoms with Crippen LogP contribution in [0.4, 0.5) is 0 Å². The molecule has 11 saturated heterocycles. The standard InChI is InChI=1S/C9H17NO.C9H19NO.3C8H17N.C7H15NO.4C7H15N.C6H13N/c1-10-6-4-9(5-7-10)11-8-2-3-8;1-8(2)11-9-4-6-10(3)7-5-9;1-7-4-8(2)6-9(3)5-7;1-8(2)4-6-9(3)7-5-8;1-7-5-4-6-8(2)9(7)3;1-8-5-3-7(9-2)4-6-8;1-7-3-5-8(2)6-4-7;1-7-4-3-5-8(2)6-7;1-7-5-3-4-6-8(7)2;1-8-6-4-2-3-5-7-8;1-7-5-3-2-4-6-7/h8-9H,2-7H2,1H3;8-9H,4-7H2,1-3H3;7-8H,4-6H2,1-3H3;4-7H2,1-3H3;7-8H,4-6H2,1-3H3;7H,3-6H2,1-2H3;3*7H,3-6H2,1-2H3;2-7H2,1H3;2-6H2,1H3. The average Bonchev–Trinajstić information content (AvgIpc) is 2.16. The van der Waals surface area contributed by atoms with Gasteiger partial charge in [-0.3, -0.25) is 0 Å². The molecule has 11 aliphatic heterocycles. The van der Waals surface area contributed by atoms with Crippen LogP contribution in [-0.4, -0.2) is 312 Å². The van der Waals surface area contributed by atoms with Crippen LogP contribution in [0.25, 0.3) is 0 Å². The fraction of sp³-hybridized carbons (Fsp3) is 1.00. The van der Waals surface area contributed by atoms with Gasteiger partial charge in [-0.25, -0.2) is 0 Å². The molecule has 12 aliphatic rings. The van der Waals surface area contributed by atoms with Crippen molar-refractivity contribution in [2.24, 2.45) is 29.1 Å². The van der Waals surface area contributed by atoms with Crippen molar-refractivity contribution in [2.75, 3.05) is 209 Å². The Bertz CT molecular complexity index is 1660. The minimum absolute atomic E-state index is 0.392. The van der Waals surface area contributed by atoms with E-state index in [1.807, 2.05) is 0 Å². The smallest absolute Gasteiger partial charge is 0.0603 e. The molecule has 0 bridgehead atoms. The van der Waals surface area contributed by atoms with Gasteiger partial charge in [0.25, 0.3) is 0 Å². The van der Waals surface area contributed by atoms with E-state index in [-0.39, 0.29) is 0 Å². The monoisotopic (exact) mass is 1370 g/mol. The predicted octanol–water partition coefficient (Wildman–Crippen LogP) is 15.5. The molecule has 0 amide bonds. The highest BCUT2D eigenvalue weighted by Crippen LogP contribution is 2.30. The minimum atomic E-state index is 0.392. The van der Waals surface area contributed by atoms with Crippen LogP contribution in [0.2, 0.25) is 0 Å². The first-order valence-corrected chi connectivity index (χ1v) is 41.4. The molecule has 6 atom stereocenters. The lowest BCUT2D eigenvalue weighted by atomic mass is 9.83. The van der Waals surface area contributed by atoms with Gasteiger partial charge in [0, 0.05) is 84.1 Å². The summed E-state index contributed by atoms with van der Waals surface area (Å²) in [6, 6.07) is 2.46. The van der Waals surface area contributed by atoms with E-state index in [9.17, 15) is 0 Å². The first kappa shape index (κ1) is 92.5. The van der Waals surface area contributed by atoms with Gasteiger partial charge in [0.2, 0.25) is 0 Å². The van der Waals surface area contributed by atoms with Crippen molar-refractivity contribution in [1.82, 2.24) is 53.9 Å². The van der Waals surface area contributed by atoms with Crippen LogP contribution in [0.5, 0.6) is 0 Å². The summed E-state index contributed by atoms with van der Waals surface area (Å²) < 4.78 is 16.7. The van der Waals surface area contributed by atoms with E-state index in [2.05, 4.69) is 208 Å². The molecular weight excluding hydrogens is 1200 g/mol. The number of hydrogen-bond acceptors (Lipinski definition) is 14. The van der Waals surface area contributed by atoms with Crippen molar-refractivity contribution in [3.8, 4) is 0 Å². The molecule has 1 saturated carbocycles. The van der Waals surface area contributed by atoms with Gasteiger partial charge in [0.1, 0.15) is 0 Å². The van der Waals surface area contributed by atoms with Crippen LogP contribution in [0, 0.1) is 29.1 Å². The van der Waals surface area contributed by atoms with Gasteiger partial charge in [0.15, 0.2) is 0 Å². The summed E-state index contributed by atoms with van der Waals surface area (Å²) in [6.07, 6.45) is 40.8.